The lowest BCUT2D eigenvalue weighted by Crippen LogP contribution is -2.32. The van der Waals surface area contributed by atoms with Gasteiger partial charge in [0.15, 0.2) is 6.61 Å². The molecule has 182 valence electrons. The number of hydrogen-bond acceptors (Lipinski definition) is 5. The van der Waals surface area contributed by atoms with Crippen LogP contribution in [0.5, 0.6) is 5.75 Å². The molecule has 1 atom stereocenters. The van der Waals surface area contributed by atoms with Crippen LogP contribution in [-0.4, -0.2) is 30.9 Å². The Labute approximate surface area is 216 Å². The molecule has 3 aromatic rings. The fourth-order valence-electron chi connectivity index (χ4n) is 4.02. The van der Waals surface area contributed by atoms with E-state index in [4.69, 9.17) is 4.74 Å². The first-order valence-electron chi connectivity index (χ1n) is 11.2. The summed E-state index contributed by atoms with van der Waals surface area (Å²) in [5.41, 5.74) is 3.40. The van der Waals surface area contributed by atoms with E-state index in [0.717, 1.165) is 26.2 Å². The molecule has 2 N–H and O–H groups in total. The number of carbonyl (C=O) groups is 3. The third-order valence-corrected chi connectivity index (χ3v) is 7.13. The molecule has 1 fully saturated rings. The van der Waals surface area contributed by atoms with Gasteiger partial charge in [0.2, 0.25) is 11.8 Å². The minimum absolute atomic E-state index is 0.0884. The van der Waals surface area contributed by atoms with Crippen molar-refractivity contribution in [2.24, 2.45) is 5.92 Å². The number of nitrogens with zero attached hydrogens (tertiary/aromatic N) is 1. The summed E-state index contributed by atoms with van der Waals surface area (Å²) in [5.74, 6) is -0.322. The molecule has 1 aliphatic heterocycles. The fourth-order valence-corrected chi connectivity index (χ4v) is 5.35. The molecule has 1 saturated heterocycles. The van der Waals surface area contributed by atoms with E-state index >= 15 is 0 Å². The van der Waals surface area contributed by atoms with Gasteiger partial charge in [0.25, 0.3) is 5.91 Å². The first-order valence-corrected chi connectivity index (χ1v) is 12.9. The lowest BCUT2D eigenvalue weighted by atomic mass is 10.1. The Bertz CT molecular complexity index is 1200. The molecule has 1 aromatic heterocycles. The molecule has 3 amide bonds. The van der Waals surface area contributed by atoms with Gasteiger partial charge in [-0.25, -0.2) is 0 Å². The van der Waals surface area contributed by atoms with Crippen LogP contribution in [0, 0.1) is 19.8 Å². The molecule has 2 heterocycles. The highest BCUT2D eigenvalue weighted by atomic mass is 79.9. The van der Waals surface area contributed by atoms with Gasteiger partial charge in [-0.1, -0.05) is 22.0 Å². The summed E-state index contributed by atoms with van der Waals surface area (Å²) in [6.07, 6.45) is 0.184. The minimum Gasteiger partial charge on any atom is -0.484 e. The van der Waals surface area contributed by atoms with Gasteiger partial charge in [-0.05, 0) is 72.8 Å². The Hall–Kier alpha value is -3.17. The van der Waals surface area contributed by atoms with Crippen molar-refractivity contribution in [1.29, 1.82) is 0 Å². The van der Waals surface area contributed by atoms with Crippen molar-refractivity contribution < 1.29 is 19.1 Å². The number of rotatable bonds is 8. The number of hydrogen-bond donors (Lipinski definition) is 2. The number of thiophene rings is 1. The van der Waals surface area contributed by atoms with Gasteiger partial charge < -0.3 is 20.3 Å². The van der Waals surface area contributed by atoms with Crippen LogP contribution < -0.4 is 20.3 Å². The van der Waals surface area contributed by atoms with Gasteiger partial charge in [0, 0.05) is 33.7 Å². The fraction of sp³-hybridized carbons (Fsp3) is 0.269. The molecule has 7 nitrogen and oxygen atoms in total. The number of nitrogens with one attached hydrogen (secondary N) is 2. The Morgan fingerprint density at radius 2 is 1.86 bits per heavy atom. The summed E-state index contributed by atoms with van der Waals surface area (Å²) in [6, 6.07) is 14.8. The van der Waals surface area contributed by atoms with Gasteiger partial charge in [-0.3, -0.25) is 14.4 Å². The van der Waals surface area contributed by atoms with Crippen molar-refractivity contribution in [3.8, 4) is 5.75 Å². The average Bonchev–Trinajstić information content (AvgIpc) is 3.48. The second-order valence-electron chi connectivity index (χ2n) is 8.45. The van der Waals surface area contributed by atoms with Crippen LogP contribution in [0.4, 0.5) is 11.4 Å². The molecule has 1 aliphatic rings. The van der Waals surface area contributed by atoms with E-state index in [-0.39, 0.29) is 36.7 Å². The van der Waals surface area contributed by atoms with Crippen LogP contribution in [0.25, 0.3) is 0 Å². The maximum Gasteiger partial charge on any atom is 0.262 e. The van der Waals surface area contributed by atoms with Crippen LogP contribution in [-0.2, 0) is 20.9 Å². The van der Waals surface area contributed by atoms with E-state index < -0.39 is 0 Å². The van der Waals surface area contributed by atoms with Gasteiger partial charge >= 0.3 is 0 Å². The normalized spacial score (nSPS) is 15.2. The number of halogens is 1. The summed E-state index contributed by atoms with van der Waals surface area (Å²) in [5, 5.41) is 7.78. The molecule has 35 heavy (non-hydrogen) atoms. The quantitative estimate of drug-likeness (QED) is 0.417. The van der Waals surface area contributed by atoms with Gasteiger partial charge in [-0.15, -0.1) is 11.3 Å². The minimum atomic E-state index is -0.382. The summed E-state index contributed by atoms with van der Waals surface area (Å²) >= 11 is 5.04. The zero-order chi connectivity index (χ0) is 24.9. The highest BCUT2D eigenvalue weighted by molar-refractivity contribution is 9.10. The van der Waals surface area contributed by atoms with Crippen molar-refractivity contribution >= 4 is 56.4 Å². The Kier molecular flexibility index (Phi) is 7.87. The van der Waals surface area contributed by atoms with Crippen LogP contribution >= 0.6 is 27.3 Å². The van der Waals surface area contributed by atoms with Crippen molar-refractivity contribution in [3.05, 3.63) is 74.4 Å². The molecule has 0 saturated carbocycles. The SMILES string of the molecule is Cc1cc(Br)cc(C)c1NC(=O)COc1ccc(N2C[C@@H](C(=O)NCc3cccs3)CC2=O)cc1. The van der Waals surface area contributed by atoms with E-state index in [2.05, 4.69) is 26.6 Å². The summed E-state index contributed by atoms with van der Waals surface area (Å²) in [4.78, 5) is 40.1. The van der Waals surface area contributed by atoms with Gasteiger partial charge in [0.05, 0.1) is 12.5 Å². The molecular weight excluding hydrogens is 530 g/mol. The molecule has 0 unspecified atom stereocenters. The highest BCUT2D eigenvalue weighted by Gasteiger charge is 2.35. The van der Waals surface area contributed by atoms with Crippen LogP contribution in [0.3, 0.4) is 0 Å². The second kappa shape index (κ2) is 11.0. The second-order valence-corrected chi connectivity index (χ2v) is 10.4. The van der Waals surface area contributed by atoms with E-state index in [1.165, 1.54) is 0 Å². The number of carbonyl (C=O) groups excluding carboxylic acids is 3. The van der Waals surface area contributed by atoms with Crippen LogP contribution in [0.2, 0.25) is 0 Å². The Morgan fingerprint density at radius 1 is 1.14 bits per heavy atom. The number of amides is 3. The maximum absolute atomic E-state index is 12.5. The number of aryl methyl sites for hydroxylation is 2. The molecule has 9 heteroatoms. The zero-order valence-corrected chi connectivity index (χ0v) is 21.9. The summed E-state index contributed by atoms with van der Waals surface area (Å²) in [7, 11) is 0. The summed E-state index contributed by atoms with van der Waals surface area (Å²) < 4.78 is 6.59. The van der Waals surface area contributed by atoms with E-state index in [1.807, 2.05) is 43.5 Å². The smallest absolute Gasteiger partial charge is 0.262 e. The first-order chi connectivity index (χ1) is 16.8. The van der Waals surface area contributed by atoms with E-state index in [1.54, 1.807) is 40.5 Å². The van der Waals surface area contributed by atoms with Gasteiger partial charge in [-0.2, -0.15) is 0 Å². The summed E-state index contributed by atoms with van der Waals surface area (Å²) in [6.45, 7) is 4.55. The third kappa shape index (κ3) is 6.29. The lowest BCUT2D eigenvalue weighted by Gasteiger charge is -2.17. The van der Waals surface area contributed by atoms with Crippen molar-refractivity contribution in [1.82, 2.24) is 5.32 Å². The average molecular weight is 556 g/mol. The molecular formula is C26H26BrN3O4S. The standard InChI is InChI=1S/C26H26BrN3O4S/c1-16-10-19(27)11-17(2)25(16)29-23(31)15-34-21-7-5-20(6-8-21)30-14-18(12-24(30)32)26(33)28-13-22-4-3-9-35-22/h3-11,18H,12-15H2,1-2H3,(H,28,33)(H,29,31)/t18-/m0/s1. The van der Waals surface area contributed by atoms with Crippen molar-refractivity contribution in [2.45, 2.75) is 26.8 Å². The van der Waals surface area contributed by atoms with Crippen molar-refractivity contribution in [2.75, 3.05) is 23.4 Å². The first kappa shape index (κ1) is 24.9. The topological polar surface area (TPSA) is 87.7 Å². The molecule has 4 rings (SSSR count). The molecule has 0 bridgehead atoms. The lowest BCUT2D eigenvalue weighted by molar-refractivity contribution is -0.126. The van der Waals surface area contributed by atoms with E-state index in [0.29, 0.717) is 24.5 Å². The molecule has 0 aliphatic carbocycles. The number of anilines is 2. The predicted molar refractivity (Wildman–Crippen MR) is 141 cm³/mol. The van der Waals surface area contributed by atoms with Crippen LogP contribution in [0.15, 0.2) is 58.4 Å². The monoisotopic (exact) mass is 555 g/mol. The number of ether oxygens (including phenoxy) is 1. The van der Waals surface area contributed by atoms with Crippen molar-refractivity contribution in [3.63, 3.8) is 0 Å². The Balaban J connectivity index is 1.29. The van der Waals surface area contributed by atoms with Gasteiger partial charge in [0.1, 0.15) is 5.75 Å². The third-order valence-electron chi connectivity index (χ3n) is 5.79. The molecule has 0 radical (unpaired) electrons. The van der Waals surface area contributed by atoms with E-state index in [9.17, 15) is 14.4 Å². The largest absolute Gasteiger partial charge is 0.484 e. The number of benzene rings is 2. The molecule has 0 spiro atoms. The zero-order valence-electron chi connectivity index (χ0n) is 19.5. The Morgan fingerprint density at radius 3 is 2.51 bits per heavy atom. The highest BCUT2D eigenvalue weighted by Crippen LogP contribution is 2.28. The maximum atomic E-state index is 12.5. The molecule has 2 aromatic carbocycles. The van der Waals surface area contributed by atoms with Crippen LogP contribution in [0.1, 0.15) is 22.4 Å². The predicted octanol–water partition coefficient (Wildman–Crippen LogP) is 4.81.